The van der Waals surface area contributed by atoms with E-state index in [1.807, 2.05) is 24.3 Å². The second-order valence-corrected chi connectivity index (χ2v) is 6.42. The van der Waals surface area contributed by atoms with Crippen molar-refractivity contribution in [2.75, 3.05) is 0 Å². The number of nitrogens with two attached hydrogens (primary N) is 1. The van der Waals surface area contributed by atoms with E-state index in [-0.39, 0.29) is 17.9 Å². The SMILES string of the molecule is CCC(C)C(NC(=O)c1ccc(C(N)=O)cc1)c1nc2ccccc2[nH]1. The smallest absolute Gasteiger partial charge is 0.251 e. The Morgan fingerprint density at radius 1 is 1.12 bits per heavy atom. The molecule has 0 aliphatic carbocycles. The fourth-order valence-corrected chi connectivity index (χ4v) is 2.85. The highest BCUT2D eigenvalue weighted by Crippen LogP contribution is 2.25. The maximum Gasteiger partial charge on any atom is 0.251 e. The molecule has 3 rings (SSSR count). The largest absolute Gasteiger partial charge is 0.366 e. The number of imidazole rings is 1. The zero-order valence-corrected chi connectivity index (χ0v) is 14.8. The van der Waals surface area contributed by atoms with Gasteiger partial charge in [-0.25, -0.2) is 4.98 Å². The van der Waals surface area contributed by atoms with Gasteiger partial charge in [-0.15, -0.1) is 0 Å². The molecule has 26 heavy (non-hydrogen) atoms. The van der Waals surface area contributed by atoms with Crippen LogP contribution in [-0.4, -0.2) is 21.8 Å². The Labute approximate surface area is 151 Å². The summed E-state index contributed by atoms with van der Waals surface area (Å²) >= 11 is 0. The van der Waals surface area contributed by atoms with E-state index in [0.29, 0.717) is 11.1 Å². The summed E-state index contributed by atoms with van der Waals surface area (Å²) < 4.78 is 0. The standard InChI is InChI=1S/C20H22N4O2/c1-3-12(2)17(19-22-15-6-4-5-7-16(15)23-19)24-20(26)14-10-8-13(9-11-14)18(21)25/h4-12,17H,3H2,1-2H3,(H2,21,25)(H,22,23)(H,24,26). The van der Waals surface area contributed by atoms with Gasteiger partial charge in [-0.3, -0.25) is 9.59 Å². The van der Waals surface area contributed by atoms with Gasteiger partial charge in [0.05, 0.1) is 17.1 Å². The van der Waals surface area contributed by atoms with Crippen LogP contribution >= 0.6 is 0 Å². The number of aromatic nitrogens is 2. The maximum atomic E-state index is 12.7. The Hall–Kier alpha value is -3.15. The van der Waals surface area contributed by atoms with E-state index in [0.717, 1.165) is 23.3 Å². The number of benzene rings is 2. The molecule has 6 nitrogen and oxygen atoms in total. The molecule has 0 radical (unpaired) electrons. The Balaban J connectivity index is 1.86. The second-order valence-electron chi connectivity index (χ2n) is 6.42. The average molecular weight is 350 g/mol. The first-order chi connectivity index (χ1) is 12.5. The number of carbonyl (C=O) groups is 2. The van der Waals surface area contributed by atoms with Gasteiger partial charge >= 0.3 is 0 Å². The van der Waals surface area contributed by atoms with Crippen molar-refractivity contribution in [3.8, 4) is 0 Å². The lowest BCUT2D eigenvalue weighted by Crippen LogP contribution is -2.33. The molecule has 0 saturated carbocycles. The molecule has 134 valence electrons. The van der Waals surface area contributed by atoms with Gasteiger partial charge in [-0.05, 0) is 42.3 Å². The Morgan fingerprint density at radius 3 is 2.38 bits per heavy atom. The molecule has 0 aliphatic rings. The summed E-state index contributed by atoms with van der Waals surface area (Å²) in [5.41, 5.74) is 7.90. The van der Waals surface area contributed by atoms with Crippen molar-refractivity contribution in [3.63, 3.8) is 0 Å². The number of rotatable bonds is 6. The van der Waals surface area contributed by atoms with Crippen LogP contribution in [0.5, 0.6) is 0 Å². The van der Waals surface area contributed by atoms with Crippen LogP contribution in [0.25, 0.3) is 11.0 Å². The lowest BCUT2D eigenvalue weighted by Gasteiger charge is -2.22. The molecule has 2 unspecified atom stereocenters. The van der Waals surface area contributed by atoms with Crippen molar-refractivity contribution in [1.29, 1.82) is 0 Å². The van der Waals surface area contributed by atoms with E-state index in [2.05, 4.69) is 29.1 Å². The highest BCUT2D eigenvalue weighted by molar-refractivity contribution is 5.97. The maximum absolute atomic E-state index is 12.7. The number of nitrogens with one attached hydrogen (secondary N) is 2. The fraction of sp³-hybridized carbons (Fsp3) is 0.250. The van der Waals surface area contributed by atoms with E-state index in [4.69, 9.17) is 5.73 Å². The summed E-state index contributed by atoms with van der Waals surface area (Å²) in [5, 5.41) is 3.06. The zero-order chi connectivity index (χ0) is 18.7. The highest BCUT2D eigenvalue weighted by atomic mass is 16.2. The van der Waals surface area contributed by atoms with E-state index in [1.54, 1.807) is 24.3 Å². The third kappa shape index (κ3) is 3.59. The number of hydrogen-bond donors (Lipinski definition) is 3. The summed E-state index contributed by atoms with van der Waals surface area (Å²) in [6.07, 6.45) is 0.891. The van der Waals surface area contributed by atoms with Crippen LogP contribution in [0.2, 0.25) is 0 Å². The van der Waals surface area contributed by atoms with Crippen LogP contribution in [0.1, 0.15) is 52.9 Å². The molecule has 0 fully saturated rings. The molecule has 6 heteroatoms. The summed E-state index contributed by atoms with van der Waals surface area (Å²) in [5.74, 6) is 0.204. The molecule has 0 spiro atoms. The van der Waals surface area contributed by atoms with Crippen molar-refractivity contribution < 1.29 is 9.59 Å². The van der Waals surface area contributed by atoms with Crippen molar-refractivity contribution in [3.05, 3.63) is 65.5 Å². The summed E-state index contributed by atoms with van der Waals surface area (Å²) in [7, 11) is 0. The Bertz CT molecular complexity index is 897. The minimum atomic E-state index is -0.517. The van der Waals surface area contributed by atoms with Gasteiger partial charge in [0.2, 0.25) is 5.91 Å². The van der Waals surface area contributed by atoms with E-state index in [1.165, 1.54) is 0 Å². The topological polar surface area (TPSA) is 101 Å². The second kappa shape index (κ2) is 7.39. The van der Waals surface area contributed by atoms with Crippen LogP contribution in [-0.2, 0) is 0 Å². The summed E-state index contributed by atoms with van der Waals surface area (Å²) in [4.78, 5) is 31.8. The monoisotopic (exact) mass is 350 g/mol. The number of amides is 2. The number of para-hydroxylation sites is 2. The molecule has 0 saturated heterocycles. The summed E-state index contributed by atoms with van der Waals surface area (Å²) in [6, 6.07) is 13.8. The zero-order valence-electron chi connectivity index (χ0n) is 14.8. The number of H-pyrrole nitrogens is 1. The first-order valence-corrected chi connectivity index (χ1v) is 8.65. The minimum Gasteiger partial charge on any atom is -0.366 e. The molecule has 2 atom stereocenters. The number of primary amides is 1. The molecule has 0 bridgehead atoms. The van der Waals surface area contributed by atoms with Gasteiger partial charge in [0.15, 0.2) is 0 Å². The van der Waals surface area contributed by atoms with Crippen molar-refractivity contribution in [1.82, 2.24) is 15.3 Å². The van der Waals surface area contributed by atoms with E-state index < -0.39 is 5.91 Å². The molecule has 3 aromatic rings. The number of nitrogens with zero attached hydrogens (tertiary/aromatic N) is 1. The number of aromatic amines is 1. The quantitative estimate of drug-likeness (QED) is 0.636. The van der Waals surface area contributed by atoms with Gasteiger partial charge in [-0.1, -0.05) is 32.4 Å². The molecular weight excluding hydrogens is 328 g/mol. The molecule has 1 aromatic heterocycles. The molecule has 0 aliphatic heterocycles. The molecule has 4 N–H and O–H groups in total. The van der Waals surface area contributed by atoms with E-state index >= 15 is 0 Å². The van der Waals surface area contributed by atoms with Crippen LogP contribution in [0.15, 0.2) is 48.5 Å². The van der Waals surface area contributed by atoms with Crippen LogP contribution in [0.3, 0.4) is 0 Å². The third-order valence-corrected chi connectivity index (χ3v) is 4.63. The van der Waals surface area contributed by atoms with Crippen LogP contribution < -0.4 is 11.1 Å². The van der Waals surface area contributed by atoms with Crippen LogP contribution in [0.4, 0.5) is 0 Å². The highest BCUT2D eigenvalue weighted by Gasteiger charge is 2.24. The lowest BCUT2D eigenvalue weighted by molar-refractivity contribution is 0.0918. The third-order valence-electron chi connectivity index (χ3n) is 4.63. The predicted octanol–water partition coefficient (Wildman–Crippen LogP) is 3.18. The molecule has 2 aromatic carbocycles. The Morgan fingerprint density at radius 2 is 1.77 bits per heavy atom. The van der Waals surface area contributed by atoms with Gasteiger partial charge in [0, 0.05) is 11.1 Å². The molecule has 1 heterocycles. The lowest BCUT2D eigenvalue weighted by atomic mass is 9.98. The summed E-state index contributed by atoms with van der Waals surface area (Å²) in [6.45, 7) is 4.16. The van der Waals surface area contributed by atoms with Gasteiger partial charge in [0.1, 0.15) is 5.82 Å². The number of hydrogen-bond acceptors (Lipinski definition) is 3. The average Bonchev–Trinajstić information content (AvgIpc) is 3.09. The van der Waals surface area contributed by atoms with Gasteiger partial charge < -0.3 is 16.0 Å². The van der Waals surface area contributed by atoms with Gasteiger partial charge in [-0.2, -0.15) is 0 Å². The first kappa shape index (κ1) is 17.7. The van der Waals surface area contributed by atoms with E-state index in [9.17, 15) is 9.59 Å². The minimum absolute atomic E-state index is 0.199. The predicted molar refractivity (Wildman–Crippen MR) is 101 cm³/mol. The van der Waals surface area contributed by atoms with Crippen molar-refractivity contribution in [2.24, 2.45) is 11.7 Å². The normalized spacial score (nSPS) is 13.3. The van der Waals surface area contributed by atoms with Crippen LogP contribution in [0, 0.1) is 5.92 Å². The molecule has 2 amide bonds. The first-order valence-electron chi connectivity index (χ1n) is 8.65. The molecular formula is C20H22N4O2. The number of carbonyl (C=O) groups excluding carboxylic acids is 2. The Kier molecular flexibility index (Phi) is 5.02. The van der Waals surface area contributed by atoms with Crippen molar-refractivity contribution >= 4 is 22.8 Å². The van der Waals surface area contributed by atoms with Gasteiger partial charge in [0.25, 0.3) is 5.91 Å². The fourth-order valence-electron chi connectivity index (χ4n) is 2.85. The number of fused-ring (bicyclic) bond motifs is 1. The van der Waals surface area contributed by atoms with Crippen molar-refractivity contribution in [2.45, 2.75) is 26.3 Å².